The Hall–Kier alpha value is -5.09. The molecule has 0 bridgehead atoms. The van der Waals surface area contributed by atoms with E-state index in [1.54, 1.807) is 0 Å². The van der Waals surface area contributed by atoms with Gasteiger partial charge in [-0.15, -0.1) is 21.9 Å². The molecular formula is C37H21BF20OS. The molecule has 60 heavy (non-hydrogen) atoms. The van der Waals surface area contributed by atoms with Crippen LogP contribution in [-0.4, -0.2) is 24.3 Å². The van der Waals surface area contributed by atoms with Crippen molar-refractivity contribution in [2.75, 3.05) is 12.5 Å². The Kier molecular flexibility index (Phi) is 13.6. The summed E-state index contributed by atoms with van der Waals surface area (Å²) < 4.78 is 300. The monoisotopic (exact) mass is 904 g/mol. The van der Waals surface area contributed by atoms with Crippen molar-refractivity contribution in [2.45, 2.75) is 32.1 Å². The predicted octanol–water partition coefficient (Wildman–Crippen LogP) is 9.09. The molecule has 5 rings (SSSR count). The minimum absolute atomic E-state index is 0.110. The minimum atomic E-state index is -7.22. The van der Waals surface area contributed by atoms with Crippen LogP contribution in [0.3, 0.4) is 0 Å². The van der Waals surface area contributed by atoms with E-state index in [0.29, 0.717) is 10.9 Å². The molecule has 0 saturated heterocycles. The first-order valence-corrected chi connectivity index (χ1v) is 18.3. The Morgan fingerprint density at radius 3 is 0.750 bits per heavy atom. The lowest BCUT2D eigenvalue weighted by Gasteiger charge is -2.44. The van der Waals surface area contributed by atoms with Crippen molar-refractivity contribution in [1.29, 1.82) is 0 Å². The molecular weight excluding hydrogens is 883 g/mol. The molecule has 0 N–H and O–H groups in total. The summed E-state index contributed by atoms with van der Waals surface area (Å²) in [5.41, 5.74) is -13.0. The lowest BCUT2D eigenvalue weighted by atomic mass is 9.12. The van der Waals surface area contributed by atoms with Gasteiger partial charge in [-0.3, -0.25) is 0 Å². The molecule has 0 atom stereocenters. The number of ether oxygens (including phenoxy) is 1. The third-order valence-electron chi connectivity index (χ3n) is 8.51. The van der Waals surface area contributed by atoms with Crippen LogP contribution in [0.1, 0.15) is 26.3 Å². The zero-order valence-electron chi connectivity index (χ0n) is 30.5. The van der Waals surface area contributed by atoms with E-state index in [1.807, 2.05) is 0 Å². The molecule has 0 radical (unpaired) electrons. The van der Waals surface area contributed by atoms with E-state index in [0.717, 1.165) is 11.5 Å². The Labute approximate surface area is 327 Å². The lowest BCUT2D eigenvalue weighted by Crippen LogP contribution is -2.81. The first kappa shape index (κ1) is 47.6. The van der Waals surface area contributed by atoms with Crippen LogP contribution >= 0.6 is 0 Å². The largest absolute Gasteiger partial charge is 0.488 e. The zero-order valence-corrected chi connectivity index (χ0v) is 31.3. The van der Waals surface area contributed by atoms with Gasteiger partial charge in [0.15, 0.2) is 69.8 Å². The van der Waals surface area contributed by atoms with Gasteiger partial charge in [0.25, 0.3) is 0 Å². The standard InChI is InChI=1S/C24BF20.C13H21OS/c26-5-1(6(27)14(35)21(42)13(5)34)25(2-7(28)15(36)22(43)16(37)8(2)29,3-9(30)17(38)23(44)18(39)10(3)31)4-11(32)19(40)24(45)20(41)12(4)33;1-13(2,3)14-12-8-6-11(7-9-12)10-15(4)5/h;6-9H,10H2,1-5H3/q-1;+1. The summed E-state index contributed by atoms with van der Waals surface area (Å²) in [4.78, 5) is 0. The van der Waals surface area contributed by atoms with E-state index in [-0.39, 0.29) is 5.60 Å². The fourth-order valence-corrected chi connectivity index (χ4v) is 7.07. The molecule has 5 aromatic carbocycles. The van der Waals surface area contributed by atoms with Gasteiger partial charge in [-0.2, -0.15) is 0 Å². The van der Waals surface area contributed by atoms with Crippen molar-refractivity contribution >= 4 is 38.9 Å². The van der Waals surface area contributed by atoms with Gasteiger partial charge in [0.2, 0.25) is 0 Å². The Morgan fingerprint density at radius 1 is 0.367 bits per heavy atom. The molecule has 324 valence electrons. The molecule has 0 saturated carbocycles. The van der Waals surface area contributed by atoms with Crippen LogP contribution < -0.4 is 26.6 Å². The first-order chi connectivity index (χ1) is 27.6. The molecule has 0 amide bonds. The number of benzene rings is 5. The molecule has 0 heterocycles. The zero-order chi connectivity index (χ0) is 45.8. The molecule has 0 unspecified atom stereocenters. The fourth-order valence-electron chi connectivity index (χ4n) is 6.21. The third kappa shape index (κ3) is 7.95. The number of rotatable bonds is 7. The third-order valence-corrected chi connectivity index (χ3v) is 9.42. The van der Waals surface area contributed by atoms with Crippen LogP contribution in [0, 0.1) is 116 Å². The van der Waals surface area contributed by atoms with E-state index in [2.05, 4.69) is 57.5 Å². The maximum atomic E-state index is 15.4. The van der Waals surface area contributed by atoms with Gasteiger partial charge >= 0.3 is 0 Å². The highest BCUT2D eigenvalue weighted by Crippen LogP contribution is 2.31. The van der Waals surface area contributed by atoms with Crippen molar-refractivity contribution in [1.82, 2.24) is 0 Å². The van der Waals surface area contributed by atoms with Gasteiger partial charge in [-0.25, -0.2) is 87.8 Å². The molecule has 1 nitrogen and oxygen atoms in total. The summed E-state index contributed by atoms with van der Waals surface area (Å²) in [6.45, 7) is 6.20. The van der Waals surface area contributed by atoms with Crippen LogP contribution in [0.25, 0.3) is 0 Å². The summed E-state index contributed by atoms with van der Waals surface area (Å²) in [6.07, 6.45) is -2.69. The van der Waals surface area contributed by atoms with E-state index in [9.17, 15) is 52.7 Å². The number of hydrogen-bond acceptors (Lipinski definition) is 1. The Bertz CT molecular complexity index is 2120. The quantitative estimate of drug-likeness (QED) is 0.0521. The van der Waals surface area contributed by atoms with Crippen molar-refractivity contribution in [3.63, 3.8) is 0 Å². The molecule has 0 spiro atoms. The van der Waals surface area contributed by atoms with Crippen molar-refractivity contribution < 1.29 is 92.5 Å². The van der Waals surface area contributed by atoms with Crippen LogP contribution in [0.5, 0.6) is 5.75 Å². The minimum Gasteiger partial charge on any atom is -0.488 e. The maximum absolute atomic E-state index is 15.4. The molecule has 0 aliphatic heterocycles. The highest BCUT2D eigenvalue weighted by Gasteiger charge is 2.52. The van der Waals surface area contributed by atoms with Crippen molar-refractivity contribution in [3.05, 3.63) is 146 Å². The summed E-state index contributed by atoms with van der Waals surface area (Å²) in [7, 11) is 0.467. The van der Waals surface area contributed by atoms with Gasteiger partial charge in [0.1, 0.15) is 69.8 Å². The number of hydrogen-bond donors (Lipinski definition) is 0. The Balaban J connectivity index is 0.000000445. The van der Waals surface area contributed by atoms with E-state index < -0.39 is 144 Å². The summed E-state index contributed by atoms with van der Waals surface area (Å²) in [5.74, 6) is -69.3. The second kappa shape index (κ2) is 17.1. The van der Waals surface area contributed by atoms with Gasteiger partial charge in [0.05, 0.1) is 12.5 Å². The average Bonchev–Trinajstić information content (AvgIpc) is 3.18. The SMILES string of the molecule is C[S+](C)Cc1ccc(OC(C)(C)C)cc1.Fc1c(F)c(F)c([B-](c2c(F)c(F)c(F)c(F)c2F)(c2c(F)c(F)c(F)c(F)c2F)c2c(F)c(F)c(F)c(F)c2F)c(F)c1F. The van der Waals surface area contributed by atoms with Crippen LogP contribution in [0.2, 0.25) is 0 Å². The highest BCUT2D eigenvalue weighted by molar-refractivity contribution is 7.94. The molecule has 5 aromatic rings. The molecule has 0 aromatic heterocycles. The lowest BCUT2D eigenvalue weighted by molar-refractivity contribution is 0.131. The van der Waals surface area contributed by atoms with E-state index in [1.165, 1.54) is 5.56 Å². The number of halogens is 20. The van der Waals surface area contributed by atoms with Crippen LogP contribution in [0.4, 0.5) is 87.8 Å². The van der Waals surface area contributed by atoms with Gasteiger partial charge in [-0.1, -0.05) is 12.1 Å². The van der Waals surface area contributed by atoms with Gasteiger partial charge < -0.3 is 4.74 Å². The fraction of sp³-hybridized carbons (Fsp3) is 0.189. The first-order valence-electron chi connectivity index (χ1n) is 16.1. The van der Waals surface area contributed by atoms with Crippen LogP contribution in [-0.2, 0) is 16.6 Å². The summed E-state index contributed by atoms with van der Waals surface area (Å²) >= 11 is 0. The smallest absolute Gasteiger partial charge is 0.200 e. The van der Waals surface area contributed by atoms with Crippen LogP contribution in [0.15, 0.2) is 24.3 Å². The van der Waals surface area contributed by atoms with Gasteiger partial charge in [-0.05, 0) is 43.8 Å². The van der Waals surface area contributed by atoms with Gasteiger partial charge in [0, 0.05) is 5.56 Å². The summed E-state index contributed by atoms with van der Waals surface area (Å²) in [6, 6.07) is 8.45. The molecule has 0 aliphatic rings. The van der Waals surface area contributed by atoms with E-state index >= 15 is 35.1 Å². The molecule has 0 aliphatic carbocycles. The second-order valence-corrected chi connectivity index (χ2v) is 16.0. The predicted molar refractivity (Wildman–Crippen MR) is 179 cm³/mol. The Morgan fingerprint density at radius 2 is 0.567 bits per heavy atom. The second-order valence-electron chi connectivity index (χ2n) is 13.8. The van der Waals surface area contributed by atoms with Crippen molar-refractivity contribution in [3.8, 4) is 5.75 Å². The maximum Gasteiger partial charge on any atom is 0.200 e. The molecule has 23 heteroatoms. The van der Waals surface area contributed by atoms with E-state index in [4.69, 9.17) is 4.74 Å². The summed E-state index contributed by atoms with van der Waals surface area (Å²) in [5, 5.41) is 0. The highest BCUT2D eigenvalue weighted by atomic mass is 32.2. The normalized spacial score (nSPS) is 12.0. The average molecular weight is 904 g/mol. The topological polar surface area (TPSA) is 9.23 Å². The van der Waals surface area contributed by atoms with Crippen molar-refractivity contribution in [2.24, 2.45) is 0 Å². The molecule has 0 fully saturated rings.